The van der Waals surface area contributed by atoms with E-state index in [1.807, 2.05) is 0 Å². The molecule has 0 radical (unpaired) electrons. The number of aliphatic hydroxyl groups excluding tert-OH is 1. The molecule has 4 nitrogen and oxygen atoms in total. The van der Waals surface area contributed by atoms with Crippen molar-refractivity contribution in [3.8, 4) is 5.75 Å². The maximum absolute atomic E-state index is 11.5. The lowest BCUT2D eigenvalue weighted by Gasteiger charge is -2.06. The first-order chi connectivity index (χ1) is 7.69. The Balaban J connectivity index is 2.66. The molecule has 1 aromatic rings. The van der Waals surface area contributed by atoms with E-state index in [4.69, 9.17) is 14.6 Å². The van der Waals surface area contributed by atoms with E-state index in [0.29, 0.717) is 22.2 Å². The average molecular weight is 289 g/mol. The van der Waals surface area contributed by atoms with Crippen LogP contribution in [0.4, 0.5) is 0 Å². The summed E-state index contributed by atoms with van der Waals surface area (Å²) in [6.07, 6.45) is 0.447. The molecule has 0 aliphatic heterocycles. The number of rotatable bonds is 5. The van der Waals surface area contributed by atoms with Gasteiger partial charge < -0.3 is 14.6 Å². The minimum absolute atomic E-state index is 0.0135. The Bertz CT molecular complexity index is 365. The molecule has 1 aromatic carbocycles. The van der Waals surface area contributed by atoms with Crippen LogP contribution < -0.4 is 4.74 Å². The van der Waals surface area contributed by atoms with E-state index in [0.717, 1.165) is 0 Å². The van der Waals surface area contributed by atoms with Crippen molar-refractivity contribution in [2.24, 2.45) is 0 Å². The van der Waals surface area contributed by atoms with E-state index in [1.165, 1.54) is 0 Å². The standard InChI is InChI=1S/C11H13BrO4/c1-15-10-4-3-8(7-9(10)12)11(14)16-6-2-5-13/h3-4,7,13H,2,5-6H2,1H3. The summed E-state index contributed by atoms with van der Waals surface area (Å²) in [6, 6.07) is 4.96. The van der Waals surface area contributed by atoms with Crippen LogP contribution in [0.2, 0.25) is 0 Å². The van der Waals surface area contributed by atoms with Gasteiger partial charge in [-0.2, -0.15) is 0 Å². The van der Waals surface area contributed by atoms with E-state index in [2.05, 4.69) is 15.9 Å². The number of hydrogen-bond acceptors (Lipinski definition) is 4. The molecule has 16 heavy (non-hydrogen) atoms. The largest absolute Gasteiger partial charge is 0.496 e. The molecule has 0 atom stereocenters. The number of carbonyl (C=O) groups excluding carboxylic acids is 1. The summed E-state index contributed by atoms with van der Waals surface area (Å²) in [4.78, 5) is 11.5. The number of halogens is 1. The van der Waals surface area contributed by atoms with Crippen molar-refractivity contribution >= 4 is 21.9 Å². The highest BCUT2D eigenvalue weighted by molar-refractivity contribution is 9.10. The van der Waals surface area contributed by atoms with Gasteiger partial charge in [0.25, 0.3) is 0 Å². The Morgan fingerprint density at radius 1 is 1.50 bits per heavy atom. The Hall–Kier alpha value is -1.07. The fourth-order valence-electron chi connectivity index (χ4n) is 1.11. The summed E-state index contributed by atoms with van der Waals surface area (Å²) in [5, 5.41) is 8.55. The van der Waals surface area contributed by atoms with Gasteiger partial charge in [-0.25, -0.2) is 4.79 Å². The molecule has 1 rings (SSSR count). The molecule has 0 unspecified atom stereocenters. The number of carbonyl (C=O) groups is 1. The second-order valence-corrected chi connectivity index (χ2v) is 3.92. The van der Waals surface area contributed by atoms with E-state index in [-0.39, 0.29) is 13.2 Å². The van der Waals surface area contributed by atoms with Crippen molar-refractivity contribution in [3.63, 3.8) is 0 Å². The quantitative estimate of drug-likeness (QED) is 0.665. The van der Waals surface area contributed by atoms with Crippen LogP contribution in [0.15, 0.2) is 22.7 Å². The van der Waals surface area contributed by atoms with Crippen LogP contribution in [0.5, 0.6) is 5.75 Å². The molecule has 5 heteroatoms. The first-order valence-corrected chi connectivity index (χ1v) is 5.60. The predicted molar refractivity (Wildman–Crippen MR) is 62.7 cm³/mol. The second-order valence-electron chi connectivity index (χ2n) is 3.06. The summed E-state index contributed by atoms with van der Waals surface area (Å²) in [6.45, 7) is 0.235. The average Bonchev–Trinajstić information content (AvgIpc) is 2.29. The second kappa shape index (κ2) is 6.50. The van der Waals surface area contributed by atoms with Crippen LogP contribution in [-0.4, -0.2) is 31.4 Å². The number of methoxy groups -OCH3 is 1. The van der Waals surface area contributed by atoms with Crippen LogP contribution in [0.1, 0.15) is 16.8 Å². The third-order valence-electron chi connectivity index (χ3n) is 1.92. The number of aliphatic hydroxyl groups is 1. The smallest absolute Gasteiger partial charge is 0.338 e. The highest BCUT2D eigenvalue weighted by atomic mass is 79.9. The van der Waals surface area contributed by atoms with Gasteiger partial charge >= 0.3 is 5.97 Å². The topological polar surface area (TPSA) is 55.8 Å². The molecule has 0 bridgehead atoms. The first kappa shape index (κ1) is 13.0. The van der Waals surface area contributed by atoms with Crippen LogP contribution in [0.25, 0.3) is 0 Å². The van der Waals surface area contributed by atoms with Crippen molar-refractivity contribution in [2.75, 3.05) is 20.3 Å². The van der Waals surface area contributed by atoms with Gasteiger partial charge in [0, 0.05) is 13.0 Å². The van der Waals surface area contributed by atoms with E-state index < -0.39 is 5.97 Å². The lowest BCUT2D eigenvalue weighted by atomic mass is 10.2. The number of benzene rings is 1. The van der Waals surface area contributed by atoms with Gasteiger partial charge in [0.05, 0.1) is 23.8 Å². The third kappa shape index (κ3) is 3.50. The van der Waals surface area contributed by atoms with Gasteiger partial charge in [-0.05, 0) is 34.1 Å². The van der Waals surface area contributed by atoms with Gasteiger partial charge in [-0.1, -0.05) is 0 Å². The van der Waals surface area contributed by atoms with Gasteiger partial charge in [0.2, 0.25) is 0 Å². The molecular formula is C11H13BrO4. The molecule has 0 spiro atoms. The van der Waals surface area contributed by atoms with E-state index >= 15 is 0 Å². The number of esters is 1. The molecule has 0 aromatic heterocycles. The molecule has 0 fully saturated rings. The van der Waals surface area contributed by atoms with Gasteiger partial charge in [0.15, 0.2) is 0 Å². The third-order valence-corrected chi connectivity index (χ3v) is 2.54. The maximum atomic E-state index is 11.5. The van der Waals surface area contributed by atoms with Gasteiger partial charge in [-0.15, -0.1) is 0 Å². The number of hydrogen-bond donors (Lipinski definition) is 1. The van der Waals surface area contributed by atoms with Crippen LogP contribution in [-0.2, 0) is 4.74 Å². The van der Waals surface area contributed by atoms with Gasteiger partial charge in [-0.3, -0.25) is 0 Å². The zero-order chi connectivity index (χ0) is 12.0. The summed E-state index contributed by atoms with van der Waals surface area (Å²) < 4.78 is 10.7. The van der Waals surface area contributed by atoms with Gasteiger partial charge in [0.1, 0.15) is 5.75 Å². The lowest BCUT2D eigenvalue weighted by Crippen LogP contribution is -2.07. The van der Waals surface area contributed by atoms with E-state index in [9.17, 15) is 4.79 Å². The molecule has 0 amide bonds. The SMILES string of the molecule is COc1ccc(C(=O)OCCCO)cc1Br. The predicted octanol–water partition coefficient (Wildman–Crippen LogP) is 2.00. The first-order valence-electron chi connectivity index (χ1n) is 4.80. The highest BCUT2D eigenvalue weighted by Crippen LogP contribution is 2.25. The Morgan fingerprint density at radius 2 is 2.25 bits per heavy atom. The summed E-state index contributed by atoms with van der Waals surface area (Å²) in [5.41, 5.74) is 0.450. The molecule has 0 aliphatic rings. The highest BCUT2D eigenvalue weighted by Gasteiger charge is 2.09. The van der Waals surface area contributed by atoms with Crippen LogP contribution in [0, 0.1) is 0 Å². The minimum Gasteiger partial charge on any atom is -0.496 e. The Labute approximate surface area is 102 Å². The van der Waals surface area contributed by atoms with Crippen LogP contribution >= 0.6 is 15.9 Å². The van der Waals surface area contributed by atoms with Crippen LogP contribution in [0.3, 0.4) is 0 Å². The molecule has 0 saturated heterocycles. The van der Waals surface area contributed by atoms with E-state index in [1.54, 1.807) is 25.3 Å². The molecule has 1 N–H and O–H groups in total. The lowest BCUT2D eigenvalue weighted by molar-refractivity contribution is 0.0482. The Morgan fingerprint density at radius 3 is 2.81 bits per heavy atom. The summed E-state index contributed by atoms with van der Waals surface area (Å²) >= 11 is 3.28. The Kier molecular flexibility index (Phi) is 5.28. The molecule has 88 valence electrons. The van der Waals surface area contributed by atoms with Crippen molar-refractivity contribution < 1.29 is 19.4 Å². The summed E-state index contributed by atoms with van der Waals surface area (Å²) in [5.74, 6) is 0.253. The minimum atomic E-state index is -0.406. The zero-order valence-electron chi connectivity index (χ0n) is 8.90. The molecule has 0 saturated carbocycles. The number of ether oxygens (including phenoxy) is 2. The molecule has 0 aliphatic carbocycles. The van der Waals surface area contributed by atoms with Crippen molar-refractivity contribution in [1.82, 2.24) is 0 Å². The monoisotopic (exact) mass is 288 g/mol. The van der Waals surface area contributed by atoms with Crippen molar-refractivity contribution in [2.45, 2.75) is 6.42 Å². The fraction of sp³-hybridized carbons (Fsp3) is 0.364. The fourth-order valence-corrected chi connectivity index (χ4v) is 1.65. The van der Waals surface area contributed by atoms with Crippen molar-refractivity contribution in [3.05, 3.63) is 28.2 Å². The molecular weight excluding hydrogens is 276 g/mol. The maximum Gasteiger partial charge on any atom is 0.338 e. The normalized spacial score (nSPS) is 9.94. The summed E-state index contributed by atoms with van der Waals surface area (Å²) in [7, 11) is 1.55. The molecule has 0 heterocycles. The van der Waals surface area contributed by atoms with Crippen molar-refractivity contribution in [1.29, 1.82) is 0 Å². The zero-order valence-corrected chi connectivity index (χ0v) is 10.5.